The van der Waals surface area contributed by atoms with Crippen LogP contribution in [0.25, 0.3) is 0 Å². The molecule has 7 nitrogen and oxygen atoms in total. The van der Waals surface area contributed by atoms with Gasteiger partial charge in [0, 0.05) is 5.69 Å². The zero-order valence-electron chi connectivity index (χ0n) is 9.12. The summed E-state index contributed by atoms with van der Waals surface area (Å²) in [4.78, 5) is 11.5. The number of anilines is 1. The molecule has 17 heavy (non-hydrogen) atoms. The van der Waals surface area contributed by atoms with Gasteiger partial charge in [0.2, 0.25) is 0 Å². The highest BCUT2D eigenvalue weighted by Gasteiger charge is 2.01. The Bertz CT molecular complexity index is 480. The van der Waals surface area contributed by atoms with Crippen LogP contribution in [-0.2, 0) is 0 Å². The number of urea groups is 1. The van der Waals surface area contributed by atoms with Crippen LogP contribution in [0.5, 0.6) is 5.75 Å². The van der Waals surface area contributed by atoms with Crippen molar-refractivity contribution in [3.8, 4) is 5.75 Å². The highest BCUT2D eigenvalue weighted by atomic mass is 16.5. The molecule has 1 aromatic carbocycles. The van der Waals surface area contributed by atoms with Crippen molar-refractivity contribution < 1.29 is 9.53 Å². The molecular formula is C10H11N5O2. The fourth-order valence-corrected chi connectivity index (χ4v) is 1.21. The Morgan fingerprint density at radius 2 is 1.88 bits per heavy atom. The van der Waals surface area contributed by atoms with E-state index in [2.05, 4.69) is 20.9 Å². The van der Waals surface area contributed by atoms with E-state index in [0.717, 1.165) is 5.75 Å². The van der Waals surface area contributed by atoms with Gasteiger partial charge in [0.15, 0.2) is 0 Å². The Balaban J connectivity index is 1.93. The molecule has 7 heteroatoms. The standard InChI is InChI=1S/C10H11N5O2/c1-17-9-4-2-8(3-5-9)13-10(16)14-15-6-11-12-7-15/h2-7H,1H3,(H2,13,14,16). The predicted molar refractivity (Wildman–Crippen MR) is 61.4 cm³/mol. The number of carbonyl (C=O) groups is 1. The van der Waals surface area contributed by atoms with E-state index in [1.54, 1.807) is 31.4 Å². The lowest BCUT2D eigenvalue weighted by Crippen LogP contribution is -2.26. The number of ether oxygens (including phenoxy) is 1. The van der Waals surface area contributed by atoms with Crippen LogP contribution in [-0.4, -0.2) is 28.0 Å². The van der Waals surface area contributed by atoms with Crippen molar-refractivity contribution in [2.45, 2.75) is 0 Å². The molecule has 0 atom stereocenters. The van der Waals surface area contributed by atoms with E-state index in [1.165, 1.54) is 17.3 Å². The molecule has 2 amide bonds. The number of rotatable bonds is 3. The van der Waals surface area contributed by atoms with Crippen molar-refractivity contribution >= 4 is 11.7 Å². The van der Waals surface area contributed by atoms with Crippen LogP contribution in [0.1, 0.15) is 0 Å². The molecule has 0 radical (unpaired) electrons. The number of aromatic nitrogens is 3. The molecule has 2 aromatic rings. The Labute approximate surface area is 97.4 Å². The highest BCUT2D eigenvalue weighted by Crippen LogP contribution is 2.14. The average molecular weight is 233 g/mol. The minimum absolute atomic E-state index is 0.380. The van der Waals surface area contributed by atoms with Crippen molar-refractivity contribution in [3.63, 3.8) is 0 Å². The van der Waals surface area contributed by atoms with E-state index < -0.39 is 0 Å². The molecule has 0 aliphatic carbocycles. The van der Waals surface area contributed by atoms with Gasteiger partial charge in [-0.15, -0.1) is 10.2 Å². The number of nitrogens with zero attached hydrogens (tertiary/aromatic N) is 3. The van der Waals surface area contributed by atoms with E-state index >= 15 is 0 Å². The predicted octanol–water partition coefficient (Wildman–Crippen LogP) is 1.06. The number of hydrogen-bond acceptors (Lipinski definition) is 4. The van der Waals surface area contributed by atoms with Gasteiger partial charge in [0.05, 0.1) is 7.11 Å². The second-order valence-electron chi connectivity index (χ2n) is 3.16. The second kappa shape index (κ2) is 4.97. The third kappa shape index (κ3) is 2.94. The Morgan fingerprint density at radius 3 is 2.47 bits per heavy atom. The molecule has 2 rings (SSSR count). The maximum absolute atomic E-state index is 11.5. The topological polar surface area (TPSA) is 81.1 Å². The summed E-state index contributed by atoms with van der Waals surface area (Å²) in [7, 11) is 1.58. The molecule has 2 N–H and O–H groups in total. The summed E-state index contributed by atoms with van der Waals surface area (Å²) < 4.78 is 6.36. The maximum Gasteiger partial charge on any atom is 0.338 e. The van der Waals surface area contributed by atoms with Crippen LogP contribution >= 0.6 is 0 Å². The first kappa shape index (κ1) is 10.9. The van der Waals surface area contributed by atoms with E-state index in [9.17, 15) is 4.79 Å². The number of amides is 2. The molecule has 88 valence electrons. The lowest BCUT2D eigenvalue weighted by Gasteiger charge is -2.07. The molecular weight excluding hydrogens is 222 g/mol. The normalized spacial score (nSPS) is 9.71. The molecule has 1 aromatic heterocycles. The van der Waals surface area contributed by atoms with Crippen LogP contribution in [0, 0.1) is 0 Å². The van der Waals surface area contributed by atoms with Crippen molar-refractivity contribution in [1.82, 2.24) is 14.9 Å². The fourth-order valence-electron chi connectivity index (χ4n) is 1.21. The molecule has 1 heterocycles. The fraction of sp³-hybridized carbons (Fsp3) is 0.100. The third-order valence-corrected chi connectivity index (χ3v) is 2.00. The van der Waals surface area contributed by atoms with Gasteiger partial charge in [0.25, 0.3) is 0 Å². The minimum Gasteiger partial charge on any atom is -0.497 e. The molecule has 0 aliphatic rings. The summed E-state index contributed by atoms with van der Waals surface area (Å²) in [6.07, 6.45) is 2.77. The lowest BCUT2D eigenvalue weighted by molar-refractivity contribution is 0.259. The van der Waals surface area contributed by atoms with E-state index in [-0.39, 0.29) is 6.03 Å². The van der Waals surface area contributed by atoms with E-state index in [1.807, 2.05) is 0 Å². The SMILES string of the molecule is COc1ccc(NC(=O)Nn2cnnc2)cc1. The Morgan fingerprint density at radius 1 is 1.24 bits per heavy atom. The van der Waals surface area contributed by atoms with E-state index in [4.69, 9.17) is 4.74 Å². The highest BCUT2D eigenvalue weighted by molar-refractivity contribution is 5.94. The van der Waals surface area contributed by atoms with Gasteiger partial charge in [-0.1, -0.05) is 0 Å². The van der Waals surface area contributed by atoms with Crippen molar-refractivity contribution in [3.05, 3.63) is 36.9 Å². The largest absolute Gasteiger partial charge is 0.497 e. The number of hydrogen-bond donors (Lipinski definition) is 2. The maximum atomic E-state index is 11.5. The van der Waals surface area contributed by atoms with Gasteiger partial charge >= 0.3 is 6.03 Å². The summed E-state index contributed by atoms with van der Waals surface area (Å²) in [5.41, 5.74) is 3.17. The smallest absolute Gasteiger partial charge is 0.338 e. The molecule has 0 bridgehead atoms. The van der Waals surface area contributed by atoms with Gasteiger partial charge < -0.3 is 10.1 Å². The summed E-state index contributed by atoms with van der Waals surface area (Å²) in [6, 6.07) is 6.62. The Hall–Kier alpha value is -2.57. The van der Waals surface area contributed by atoms with Crippen LogP contribution in [0.4, 0.5) is 10.5 Å². The molecule has 0 unspecified atom stereocenters. The summed E-state index contributed by atoms with van der Waals surface area (Å²) >= 11 is 0. The van der Waals surface area contributed by atoms with Crippen LogP contribution in [0.15, 0.2) is 36.9 Å². The van der Waals surface area contributed by atoms with Crippen molar-refractivity contribution in [1.29, 1.82) is 0 Å². The molecule has 0 fully saturated rings. The average Bonchev–Trinajstić information content (AvgIpc) is 2.82. The number of benzene rings is 1. The molecule has 0 saturated heterocycles. The molecule has 0 saturated carbocycles. The van der Waals surface area contributed by atoms with Gasteiger partial charge in [-0.05, 0) is 24.3 Å². The number of methoxy groups -OCH3 is 1. The van der Waals surface area contributed by atoms with Gasteiger partial charge in [-0.2, -0.15) is 0 Å². The number of carbonyl (C=O) groups excluding carboxylic acids is 1. The molecule has 0 spiro atoms. The second-order valence-corrected chi connectivity index (χ2v) is 3.16. The molecule has 0 aliphatic heterocycles. The summed E-state index contributed by atoms with van der Waals surface area (Å²) in [5, 5.41) is 9.77. The first-order valence-electron chi connectivity index (χ1n) is 4.84. The van der Waals surface area contributed by atoms with Gasteiger partial charge in [-0.25, -0.2) is 14.9 Å². The first-order chi connectivity index (χ1) is 8.28. The van der Waals surface area contributed by atoms with Crippen LogP contribution in [0.3, 0.4) is 0 Å². The zero-order valence-corrected chi connectivity index (χ0v) is 9.12. The van der Waals surface area contributed by atoms with E-state index in [0.29, 0.717) is 5.69 Å². The quantitative estimate of drug-likeness (QED) is 0.830. The number of nitrogens with one attached hydrogen (secondary N) is 2. The summed E-state index contributed by atoms with van der Waals surface area (Å²) in [6.45, 7) is 0. The summed E-state index contributed by atoms with van der Waals surface area (Å²) in [5.74, 6) is 0.731. The minimum atomic E-state index is -0.380. The first-order valence-corrected chi connectivity index (χ1v) is 4.84. The van der Waals surface area contributed by atoms with Crippen LogP contribution in [0.2, 0.25) is 0 Å². The van der Waals surface area contributed by atoms with Crippen LogP contribution < -0.4 is 15.5 Å². The van der Waals surface area contributed by atoms with Crippen molar-refractivity contribution in [2.24, 2.45) is 0 Å². The third-order valence-electron chi connectivity index (χ3n) is 2.00. The zero-order chi connectivity index (χ0) is 12.1. The van der Waals surface area contributed by atoms with Crippen molar-refractivity contribution in [2.75, 3.05) is 17.9 Å². The van der Waals surface area contributed by atoms with Gasteiger partial charge in [0.1, 0.15) is 18.4 Å². The lowest BCUT2D eigenvalue weighted by atomic mass is 10.3. The van der Waals surface area contributed by atoms with Gasteiger partial charge in [-0.3, -0.25) is 0 Å². The Kier molecular flexibility index (Phi) is 3.20. The monoisotopic (exact) mass is 233 g/mol.